The minimum atomic E-state index is 0.247. The summed E-state index contributed by atoms with van der Waals surface area (Å²) in [6.45, 7) is 4.06. The smallest absolute Gasteiger partial charge is 0.162 e. The summed E-state index contributed by atoms with van der Waals surface area (Å²) in [5.74, 6) is 2.45. The molecule has 1 fully saturated rings. The number of rotatable bonds is 5. The highest BCUT2D eigenvalue weighted by Crippen LogP contribution is 2.35. The van der Waals surface area contributed by atoms with Gasteiger partial charge in [0, 0.05) is 50.2 Å². The van der Waals surface area contributed by atoms with Gasteiger partial charge in [-0.25, -0.2) is 0 Å². The third-order valence-electron chi connectivity index (χ3n) is 5.59. The number of benzene rings is 1. The summed E-state index contributed by atoms with van der Waals surface area (Å²) in [4.78, 5) is 6.60. The number of pyridine rings is 1. The van der Waals surface area contributed by atoms with Crippen LogP contribution in [0.1, 0.15) is 18.4 Å². The fourth-order valence-corrected chi connectivity index (χ4v) is 4.12. The predicted molar refractivity (Wildman–Crippen MR) is 113 cm³/mol. The van der Waals surface area contributed by atoms with Gasteiger partial charge in [0.25, 0.3) is 0 Å². The molecule has 156 valence electrons. The van der Waals surface area contributed by atoms with Gasteiger partial charge in [0.2, 0.25) is 0 Å². The molecule has 5 rings (SSSR count). The second-order valence-electron chi connectivity index (χ2n) is 7.82. The number of hydrogen-bond acceptors (Lipinski definition) is 6. The van der Waals surface area contributed by atoms with Crippen molar-refractivity contribution in [2.45, 2.75) is 25.5 Å². The third-order valence-corrected chi connectivity index (χ3v) is 5.59. The minimum absolute atomic E-state index is 0.247. The molecular formula is C23H26N4O3. The van der Waals surface area contributed by atoms with Gasteiger partial charge in [0.15, 0.2) is 11.5 Å². The summed E-state index contributed by atoms with van der Waals surface area (Å²) in [6, 6.07) is 9.95. The molecule has 4 heterocycles. The van der Waals surface area contributed by atoms with E-state index in [1.807, 2.05) is 36.0 Å². The minimum Gasteiger partial charge on any atom is -0.489 e. The maximum Gasteiger partial charge on any atom is 0.162 e. The second kappa shape index (κ2) is 8.36. The molecule has 30 heavy (non-hydrogen) atoms. The van der Waals surface area contributed by atoms with Crippen LogP contribution in [0, 0.1) is 0 Å². The van der Waals surface area contributed by atoms with Gasteiger partial charge < -0.3 is 14.2 Å². The lowest BCUT2D eigenvalue weighted by Gasteiger charge is -2.32. The van der Waals surface area contributed by atoms with Crippen molar-refractivity contribution >= 4 is 0 Å². The van der Waals surface area contributed by atoms with Gasteiger partial charge >= 0.3 is 0 Å². The fraction of sp³-hybridized carbons (Fsp3) is 0.391. The Morgan fingerprint density at radius 1 is 1.10 bits per heavy atom. The van der Waals surface area contributed by atoms with Crippen molar-refractivity contribution in [1.82, 2.24) is 19.7 Å². The first-order valence-electron chi connectivity index (χ1n) is 10.5. The number of likely N-dealkylation sites (tertiary alicyclic amines) is 1. The van der Waals surface area contributed by atoms with Gasteiger partial charge in [-0.15, -0.1) is 0 Å². The molecule has 1 saturated heterocycles. The van der Waals surface area contributed by atoms with E-state index in [-0.39, 0.29) is 6.10 Å². The maximum absolute atomic E-state index is 6.07. The van der Waals surface area contributed by atoms with E-state index in [9.17, 15) is 0 Å². The van der Waals surface area contributed by atoms with E-state index in [0.29, 0.717) is 13.2 Å². The molecule has 0 atom stereocenters. The van der Waals surface area contributed by atoms with Crippen molar-refractivity contribution in [3.8, 4) is 28.5 Å². The van der Waals surface area contributed by atoms with Crippen molar-refractivity contribution in [2.75, 3.05) is 26.3 Å². The van der Waals surface area contributed by atoms with Crippen LogP contribution in [0.15, 0.2) is 48.9 Å². The highest BCUT2D eigenvalue weighted by molar-refractivity contribution is 5.66. The van der Waals surface area contributed by atoms with E-state index in [0.717, 1.165) is 61.0 Å². The number of nitrogens with zero attached hydrogens (tertiary/aromatic N) is 4. The zero-order valence-corrected chi connectivity index (χ0v) is 17.2. The molecule has 2 aliphatic heterocycles. The zero-order chi connectivity index (χ0) is 20.3. The number of fused-ring (bicyclic) bond motifs is 1. The first kappa shape index (κ1) is 18.9. The molecule has 7 nitrogen and oxygen atoms in total. The molecule has 0 unspecified atom stereocenters. The van der Waals surface area contributed by atoms with E-state index in [1.165, 1.54) is 5.56 Å². The first-order chi connectivity index (χ1) is 14.7. The first-order valence-corrected chi connectivity index (χ1v) is 10.5. The van der Waals surface area contributed by atoms with Crippen LogP contribution < -0.4 is 14.2 Å². The fourth-order valence-electron chi connectivity index (χ4n) is 4.12. The van der Waals surface area contributed by atoms with Crippen molar-refractivity contribution in [2.24, 2.45) is 7.05 Å². The molecule has 0 radical (unpaired) electrons. The summed E-state index contributed by atoms with van der Waals surface area (Å²) in [5, 5.41) is 4.73. The Balaban J connectivity index is 1.25. The van der Waals surface area contributed by atoms with Crippen LogP contribution in [0.2, 0.25) is 0 Å². The molecular weight excluding hydrogens is 380 g/mol. The van der Waals surface area contributed by atoms with E-state index < -0.39 is 0 Å². The lowest BCUT2D eigenvalue weighted by molar-refractivity contribution is 0.0966. The third kappa shape index (κ3) is 4.11. The Bertz CT molecular complexity index is 997. The van der Waals surface area contributed by atoms with E-state index >= 15 is 0 Å². The van der Waals surface area contributed by atoms with E-state index in [1.54, 1.807) is 12.4 Å². The Kier molecular flexibility index (Phi) is 5.27. The van der Waals surface area contributed by atoms with Gasteiger partial charge in [-0.3, -0.25) is 14.6 Å². The van der Waals surface area contributed by atoms with Gasteiger partial charge in [0.05, 0.1) is 11.9 Å². The van der Waals surface area contributed by atoms with Gasteiger partial charge in [-0.1, -0.05) is 0 Å². The molecule has 1 aromatic carbocycles. The molecule has 0 bridgehead atoms. The van der Waals surface area contributed by atoms with Gasteiger partial charge in [-0.05, 0) is 43.2 Å². The van der Waals surface area contributed by atoms with Crippen LogP contribution in [-0.2, 0) is 13.6 Å². The molecule has 0 aliphatic carbocycles. The quantitative estimate of drug-likeness (QED) is 0.648. The molecule has 2 aromatic heterocycles. The van der Waals surface area contributed by atoms with Gasteiger partial charge in [0.1, 0.15) is 25.1 Å². The molecule has 0 N–H and O–H groups in total. The Hall–Kier alpha value is -3.06. The number of piperidine rings is 1. The van der Waals surface area contributed by atoms with Crippen molar-refractivity contribution in [1.29, 1.82) is 0 Å². The highest BCUT2D eigenvalue weighted by Gasteiger charge is 2.23. The van der Waals surface area contributed by atoms with Crippen molar-refractivity contribution < 1.29 is 14.2 Å². The summed E-state index contributed by atoms with van der Waals surface area (Å²) < 4.78 is 19.4. The monoisotopic (exact) mass is 406 g/mol. The van der Waals surface area contributed by atoms with Crippen LogP contribution in [-0.4, -0.2) is 52.1 Å². The zero-order valence-electron chi connectivity index (χ0n) is 17.2. The van der Waals surface area contributed by atoms with Crippen LogP contribution in [0.3, 0.4) is 0 Å². The lowest BCUT2D eigenvalue weighted by atomic mass is 10.0. The summed E-state index contributed by atoms with van der Waals surface area (Å²) in [6.07, 6.45) is 7.93. The number of aromatic nitrogens is 3. The molecule has 0 saturated carbocycles. The summed E-state index contributed by atoms with van der Waals surface area (Å²) >= 11 is 0. The molecule has 2 aliphatic rings. The van der Waals surface area contributed by atoms with Crippen LogP contribution in [0.4, 0.5) is 0 Å². The Morgan fingerprint density at radius 3 is 2.73 bits per heavy atom. The van der Waals surface area contributed by atoms with Crippen LogP contribution >= 0.6 is 0 Å². The van der Waals surface area contributed by atoms with E-state index in [4.69, 9.17) is 19.3 Å². The summed E-state index contributed by atoms with van der Waals surface area (Å²) in [7, 11) is 1.97. The normalized spacial score (nSPS) is 17.1. The molecule has 7 heteroatoms. The van der Waals surface area contributed by atoms with Crippen LogP contribution in [0.25, 0.3) is 11.3 Å². The topological polar surface area (TPSA) is 61.6 Å². The predicted octanol–water partition coefficient (Wildman–Crippen LogP) is 3.30. The largest absolute Gasteiger partial charge is 0.489 e. The Labute approximate surface area is 176 Å². The van der Waals surface area contributed by atoms with E-state index in [2.05, 4.69) is 22.1 Å². The van der Waals surface area contributed by atoms with Crippen molar-refractivity contribution in [3.63, 3.8) is 0 Å². The van der Waals surface area contributed by atoms with Crippen molar-refractivity contribution in [3.05, 3.63) is 54.5 Å². The molecule has 0 spiro atoms. The molecule has 0 amide bonds. The SMILES string of the molecule is Cn1cc(CN2CCC(Oc3cccnc3)CC2)c(-c2ccc3c(c2)OCCO3)n1. The van der Waals surface area contributed by atoms with Gasteiger partial charge in [-0.2, -0.15) is 5.10 Å². The average Bonchev–Trinajstić information content (AvgIpc) is 3.15. The highest BCUT2D eigenvalue weighted by atomic mass is 16.6. The number of ether oxygens (including phenoxy) is 3. The maximum atomic E-state index is 6.07. The lowest BCUT2D eigenvalue weighted by Crippen LogP contribution is -2.37. The Morgan fingerprint density at radius 2 is 1.93 bits per heavy atom. The number of hydrogen-bond donors (Lipinski definition) is 0. The molecule has 3 aromatic rings. The summed E-state index contributed by atoms with van der Waals surface area (Å²) in [5.41, 5.74) is 3.29. The average molecular weight is 406 g/mol. The van der Waals surface area contributed by atoms with Crippen LogP contribution in [0.5, 0.6) is 17.2 Å². The number of aryl methyl sites for hydroxylation is 1. The standard InChI is InChI=1S/C23H26N4O3/c1-26-15-18(23(25-26)17-4-5-21-22(13-17)29-12-11-28-21)16-27-9-6-19(7-10-27)30-20-3-2-8-24-14-20/h2-5,8,13-15,19H,6-7,9-12,16H2,1H3. The second-order valence-corrected chi connectivity index (χ2v) is 7.82.